The first kappa shape index (κ1) is 12.1. The molecule has 3 heterocycles. The van der Waals surface area contributed by atoms with E-state index in [1.165, 1.54) is 0 Å². The quantitative estimate of drug-likeness (QED) is 0.639. The van der Waals surface area contributed by atoms with Crippen molar-refractivity contribution in [1.82, 2.24) is 19.9 Å². The van der Waals surface area contributed by atoms with Crippen LogP contribution < -0.4 is 4.90 Å². The van der Waals surface area contributed by atoms with Gasteiger partial charge in [0.15, 0.2) is 21.7 Å². The number of ether oxygens (including phenoxy) is 1. The molecule has 1 saturated heterocycles. The Bertz CT molecular complexity index is 589. The van der Waals surface area contributed by atoms with Crippen LogP contribution in [0.1, 0.15) is 6.92 Å². The second-order valence-electron chi connectivity index (χ2n) is 4.16. The number of imidazole rings is 1. The van der Waals surface area contributed by atoms with Gasteiger partial charge in [-0.1, -0.05) is 0 Å². The zero-order chi connectivity index (χ0) is 12.7. The number of rotatable bonds is 1. The fourth-order valence-corrected chi connectivity index (χ4v) is 2.60. The molecule has 3 rings (SSSR count). The molecule has 0 spiro atoms. The third-order valence-electron chi connectivity index (χ3n) is 2.91. The third-order valence-corrected chi connectivity index (χ3v) is 3.45. The summed E-state index contributed by atoms with van der Waals surface area (Å²) in [5.74, 6) is 0.753. The molecule has 1 atom stereocenters. The van der Waals surface area contributed by atoms with E-state index in [9.17, 15) is 0 Å². The van der Waals surface area contributed by atoms with Gasteiger partial charge < -0.3 is 14.6 Å². The first-order valence-corrected chi connectivity index (χ1v) is 6.75. The van der Waals surface area contributed by atoms with E-state index < -0.39 is 0 Å². The van der Waals surface area contributed by atoms with E-state index in [4.69, 9.17) is 16.3 Å². The monoisotopic (exact) mass is 331 g/mol. The molecule has 18 heavy (non-hydrogen) atoms. The zero-order valence-corrected chi connectivity index (χ0v) is 12.0. The summed E-state index contributed by atoms with van der Waals surface area (Å²) in [6.45, 7) is 4.21. The molecule has 2 aromatic heterocycles. The van der Waals surface area contributed by atoms with Gasteiger partial charge in [-0.25, -0.2) is 4.98 Å². The number of morpholine rings is 1. The summed E-state index contributed by atoms with van der Waals surface area (Å²) < 4.78 is 6.05. The van der Waals surface area contributed by atoms with Crippen molar-refractivity contribution in [3.63, 3.8) is 0 Å². The minimum atomic E-state index is 0.215. The Balaban J connectivity index is 2.14. The molecule has 0 saturated carbocycles. The molecule has 0 bridgehead atoms. The lowest BCUT2D eigenvalue weighted by molar-refractivity contribution is 0.0986. The van der Waals surface area contributed by atoms with Crippen molar-refractivity contribution in [3.05, 3.63) is 10.0 Å². The van der Waals surface area contributed by atoms with Crippen molar-refractivity contribution in [3.8, 4) is 0 Å². The average Bonchev–Trinajstić information content (AvgIpc) is 2.69. The summed E-state index contributed by atoms with van der Waals surface area (Å²) in [5.41, 5.74) is 1.36. The van der Waals surface area contributed by atoms with Crippen LogP contribution >= 0.6 is 27.5 Å². The smallest absolute Gasteiger partial charge is 0.226 e. The number of hydrogen-bond donors (Lipinski definition) is 1. The lowest BCUT2D eigenvalue weighted by atomic mass is 10.2. The van der Waals surface area contributed by atoms with Gasteiger partial charge in [-0.2, -0.15) is 9.97 Å². The highest BCUT2D eigenvalue weighted by molar-refractivity contribution is 9.10. The normalized spacial score (nSPS) is 20.6. The van der Waals surface area contributed by atoms with E-state index in [0.29, 0.717) is 23.6 Å². The van der Waals surface area contributed by atoms with Crippen LogP contribution in [0.2, 0.25) is 5.28 Å². The maximum atomic E-state index is 5.96. The van der Waals surface area contributed by atoms with E-state index in [2.05, 4.69) is 47.7 Å². The predicted molar refractivity (Wildman–Crippen MR) is 72.0 cm³/mol. The SMILES string of the molecule is CC1COCCN1c1nc(Cl)nc2[nH]c(Br)nc12. The number of aromatic nitrogens is 4. The molecule has 1 aliphatic heterocycles. The molecule has 96 valence electrons. The summed E-state index contributed by atoms with van der Waals surface area (Å²) in [4.78, 5) is 17.9. The summed E-state index contributed by atoms with van der Waals surface area (Å²) in [7, 11) is 0. The van der Waals surface area contributed by atoms with Crippen LogP contribution in [-0.4, -0.2) is 45.7 Å². The van der Waals surface area contributed by atoms with Crippen molar-refractivity contribution < 1.29 is 4.74 Å². The van der Waals surface area contributed by atoms with Crippen LogP contribution in [0.15, 0.2) is 4.73 Å². The number of hydrogen-bond acceptors (Lipinski definition) is 5. The molecule has 0 amide bonds. The van der Waals surface area contributed by atoms with Crippen molar-refractivity contribution >= 4 is 44.5 Å². The topological polar surface area (TPSA) is 66.9 Å². The number of halogens is 2. The highest BCUT2D eigenvalue weighted by Crippen LogP contribution is 2.27. The molecule has 0 radical (unpaired) electrons. The van der Waals surface area contributed by atoms with Gasteiger partial charge in [0.05, 0.1) is 19.3 Å². The molecular weight excluding hydrogens is 322 g/mol. The van der Waals surface area contributed by atoms with Crippen molar-refractivity contribution in [2.45, 2.75) is 13.0 Å². The fourth-order valence-electron chi connectivity index (χ4n) is 2.07. The largest absolute Gasteiger partial charge is 0.377 e. The molecule has 0 aromatic carbocycles. The maximum absolute atomic E-state index is 5.96. The van der Waals surface area contributed by atoms with E-state index in [-0.39, 0.29) is 11.3 Å². The molecule has 6 nitrogen and oxygen atoms in total. The van der Waals surface area contributed by atoms with Crippen LogP contribution in [0.5, 0.6) is 0 Å². The molecule has 0 aliphatic carbocycles. The van der Waals surface area contributed by atoms with E-state index in [0.717, 1.165) is 17.9 Å². The fraction of sp³-hybridized carbons (Fsp3) is 0.500. The minimum absolute atomic E-state index is 0.215. The van der Waals surface area contributed by atoms with Crippen molar-refractivity contribution in [2.75, 3.05) is 24.7 Å². The number of nitrogens with one attached hydrogen (secondary N) is 1. The maximum Gasteiger partial charge on any atom is 0.226 e. The number of nitrogens with zero attached hydrogens (tertiary/aromatic N) is 4. The van der Waals surface area contributed by atoms with Crippen LogP contribution in [-0.2, 0) is 4.74 Å². The van der Waals surface area contributed by atoms with Gasteiger partial charge in [0.25, 0.3) is 0 Å². The van der Waals surface area contributed by atoms with Gasteiger partial charge in [-0.05, 0) is 34.5 Å². The zero-order valence-electron chi connectivity index (χ0n) is 9.65. The van der Waals surface area contributed by atoms with E-state index in [1.807, 2.05) is 0 Å². The van der Waals surface area contributed by atoms with Gasteiger partial charge >= 0.3 is 0 Å². The molecule has 8 heteroatoms. The molecule has 1 N–H and O–H groups in total. The van der Waals surface area contributed by atoms with Crippen LogP contribution in [0.3, 0.4) is 0 Å². The third kappa shape index (κ3) is 2.06. The highest BCUT2D eigenvalue weighted by atomic mass is 79.9. The molecule has 2 aromatic rings. The lowest BCUT2D eigenvalue weighted by Gasteiger charge is -2.34. The Hall–Kier alpha value is -0.920. The van der Waals surface area contributed by atoms with Gasteiger partial charge in [0.2, 0.25) is 5.28 Å². The summed E-state index contributed by atoms with van der Waals surface area (Å²) in [6, 6.07) is 0.239. The Kier molecular flexibility index (Phi) is 3.13. The second-order valence-corrected chi connectivity index (χ2v) is 5.25. The lowest BCUT2D eigenvalue weighted by Crippen LogP contribution is -2.44. The van der Waals surface area contributed by atoms with E-state index >= 15 is 0 Å². The number of anilines is 1. The summed E-state index contributed by atoms with van der Waals surface area (Å²) in [5, 5.41) is 0.215. The van der Waals surface area contributed by atoms with Gasteiger partial charge in [0, 0.05) is 6.54 Å². The summed E-state index contributed by atoms with van der Waals surface area (Å²) >= 11 is 9.26. The predicted octanol–water partition coefficient (Wildman–Crippen LogP) is 1.99. The first-order valence-electron chi connectivity index (χ1n) is 5.58. The first-order chi connectivity index (χ1) is 8.65. The van der Waals surface area contributed by atoms with Crippen LogP contribution in [0.25, 0.3) is 11.2 Å². The second kappa shape index (κ2) is 4.64. The van der Waals surface area contributed by atoms with Gasteiger partial charge in [-0.15, -0.1) is 0 Å². The standard InChI is InChI=1S/C10H11BrClN5O/c1-5-4-18-3-2-17(5)8-6-7(14-9(11)13-6)15-10(12)16-8/h5H,2-4H2,1H3,(H,13,14,15,16). The number of aromatic amines is 1. The minimum Gasteiger partial charge on any atom is -0.377 e. The average molecular weight is 333 g/mol. The Morgan fingerprint density at radius 1 is 1.44 bits per heavy atom. The Morgan fingerprint density at radius 2 is 2.28 bits per heavy atom. The Labute approximate surface area is 117 Å². The molecule has 1 aliphatic rings. The molecular formula is C10H11BrClN5O. The van der Waals surface area contributed by atoms with E-state index in [1.54, 1.807) is 0 Å². The molecule has 1 unspecified atom stereocenters. The van der Waals surface area contributed by atoms with Gasteiger partial charge in [-0.3, -0.25) is 0 Å². The van der Waals surface area contributed by atoms with Crippen molar-refractivity contribution in [1.29, 1.82) is 0 Å². The van der Waals surface area contributed by atoms with Crippen LogP contribution in [0.4, 0.5) is 5.82 Å². The number of fused-ring (bicyclic) bond motifs is 1. The molecule has 1 fully saturated rings. The Morgan fingerprint density at radius 3 is 3.06 bits per heavy atom. The van der Waals surface area contributed by atoms with Crippen molar-refractivity contribution in [2.24, 2.45) is 0 Å². The summed E-state index contributed by atoms with van der Waals surface area (Å²) in [6.07, 6.45) is 0. The van der Waals surface area contributed by atoms with Crippen LogP contribution in [0, 0.1) is 0 Å². The number of H-pyrrole nitrogens is 1. The highest BCUT2D eigenvalue weighted by Gasteiger charge is 2.24. The van der Waals surface area contributed by atoms with Gasteiger partial charge in [0.1, 0.15) is 0 Å².